The predicted octanol–water partition coefficient (Wildman–Crippen LogP) is -1.44. The highest BCUT2D eigenvalue weighted by molar-refractivity contribution is 5.73. The molecule has 162 valence electrons. The van der Waals surface area contributed by atoms with E-state index in [1.807, 2.05) is 13.8 Å². The minimum atomic E-state index is -0.968. The van der Waals surface area contributed by atoms with Crippen LogP contribution in [0.5, 0.6) is 0 Å². The van der Waals surface area contributed by atoms with Crippen molar-refractivity contribution in [3.05, 3.63) is 0 Å². The van der Waals surface area contributed by atoms with Gasteiger partial charge in [0.15, 0.2) is 0 Å². The van der Waals surface area contributed by atoms with E-state index in [1.165, 1.54) is 0 Å². The fourth-order valence-corrected chi connectivity index (χ4v) is 0.894. The Kier molecular flexibility index (Phi) is 24.0. The number of nitrogens with two attached hydrogens (primary N) is 4. The molecule has 2 atom stereocenters. The number of aliphatic carboxylic acids is 4. The lowest BCUT2D eigenvalue weighted by atomic mass is 10.1. The molecule has 0 amide bonds. The van der Waals surface area contributed by atoms with Crippen molar-refractivity contribution in [2.75, 3.05) is 13.1 Å². The second-order valence-electron chi connectivity index (χ2n) is 5.88. The van der Waals surface area contributed by atoms with Gasteiger partial charge in [-0.15, -0.1) is 0 Å². The lowest BCUT2D eigenvalue weighted by Gasteiger charge is -2.07. The normalized spacial score (nSPS) is 11.5. The minimum Gasteiger partial charge on any atom is -0.480 e. The average Bonchev–Trinajstić information content (AvgIpc) is 2.54. The van der Waals surface area contributed by atoms with Gasteiger partial charge in [-0.3, -0.25) is 19.2 Å². The summed E-state index contributed by atoms with van der Waals surface area (Å²) in [5.74, 6) is -3.40. The van der Waals surface area contributed by atoms with E-state index in [-0.39, 0.29) is 19.0 Å². The lowest BCUT2D eigenvalue weighted by Crippen LogP contribution is -2.34. The summed E-state index contributed by atoms with van der Waals surface area (Å²) in [5.41, 5.74) is 19.5. The zero-order valence-electron chi connectivity index (χ0n) is 16.2. The van der Waals surface area contributed by atoms with E-state index < -0.39 is 36.0 Å². The maximum atomic E-state index is 10.1. The highest BCUT2D eigenvalue weighted by atomic mass is 16.4. The summed E-state index contributed by atoms with van der Waals surface area (Å²) in [5, 5.41) is 31.7. The van der Waals surface area contributed by atoms with E-state index >= 15 is 0 Å². The summed E-state index contributed by atoms with van der Waals surface area (Å²) in [6.07, 6.45) is 0.551. The molecular weight excluding hydrogens is 364 g/mol. The van der Waals surface area contributed by atoms with Gasteiger partial charge in [0.05, 0.1) is 13.1 Å². The summed E-state index contributed by atoms with van der Waals surface area (Å²) in [6.45, 7) is 6.89. The number of carbonyl (C=O) groups is 4. The highest BCUT2D eigenvalue weighted by Crippen LogP contribution is 2.01. The van der Waals surface area contributed by atoms with Crippen LogP contribution in [0.4, 0.5) is 0 Å². The van der Waals surface area contributed by atoms with Crippen LogP contribution in [0.1, 0.15) is 34.1 Å². The second-order valence-corrected chi connectivity index (χ2v) is 5.88. The first-order chi connectivity index (χ1) is 12.1. The van der Waals surface area contributed by atoms with Gasteiger partial charge in [0.1, 0.15) is 12.1 Å². The first-order valence-corrected chi connectivity index (χ1v) is 7.94. The van der Waals surface area contributed by atoms with Gasteiger partial charge in [0.2, 0.25) is 0 Å². The van der Waals surface area contributed by atoms with E-state index in [0.717, 1.165) is 0 Å². The average molecular weight is 398 g/mol. The van der Waals surface area contributed by atoms with E-state index in [1.54, 1.807) is 13.8 Å². The Morgan fingerprint density at radius 3 is 1.07 bits per heavy atom. The molecule has 0 rings (SSSR count). The van der Waals surface area contributed by atoms with Crippen LogP contribution in [0, 0.1) is 11.8 Å². The lowest BCUT2D eigenvalue weighted by molar-refractivity contribution is -0.140. The smallest absolute Gasteiger partial charge is 0.320 e. The van der Waals surface area contributed by atoms with Crippen LogP contribution in [0.15, 0.2) is 0 Å². The van der Waals surface area contributed by atoms with Crippen LogP contribution in [0.2, 0.25) is 0 Å². The van der Waals surface area contributed by atoms with Crippen LogP contribution in [0.25, 0.3) is 0 Å². The van der Waals surface area contributed by atoms with Crippen LogP contribution in [-0.4, -0.2) is 69.5 Å². The van der Waals surface area contributed by atoms with Gasteiger partial charge >= 0.3 is 23.9 Å². The third-order valence-electron chi connectivity index (χ3n) is 2.40. The quantitative estimate of drug-likeness (QED) is 0.245. The summed E-state index contributed by atoms with van der Waals surface area (Å²) < 4.78 is 0. The fraction of sp³-hybridized carbons (Fsp3) is 0.733. The van der Waals surface area contributed by atoms with Crippen LogP contribution in [-0.2, 0) is 19.2 Å². The molecule has 0 heterocycles. The molecule has 0 saturated heterocycles. The maximum Gasteiger partial charge on any atom is 0.320 e. The molecule has 12 nitrogen and oxygen atoms in total. The second kappa shape index (κ2) is 20.0. The van der Waals surface area contributed by atoms with Crippen molar-refractivity contribution in [1.82, 2.24) is 0 Å². The SMILES string of the molecule is CC(C)C[C@H](N)C(=O)O.CC(C)[C@H](N)C(=O)O.NCC(=O)O.NCC(=O)O. The molecule has 0 aromatic rings. The molecule has 27 heavy (non-hydrogen) atoms. The molecule has 0 fully saturated rings. The number of carboxylic acid groups (broad SMARTS) is 4. The molecule has 0 radical (unpaired) electrons. The largest absolute Gasteiger partial charge is 0.480 e. The van der Waals surface area contributed by atoms with Crippen molar-refractivity contribution in [2.45, 2.75) is 46.2 Å². The fourth-order valence-electron chi connectivity index (χ4n) is 0.894. The molecule has 0 bridgehead atoms. The zero-order chi connectivity index (χ0) is 22.7. The van der Waals surface area contributed by atoms with Gasteiger partial charge in [0, 0.05) is 0 Å². The van der Waals surface area contributed by atoms with Crippen molar-refractivity contribution in [2.24, 2.45) is 34.8 Å². The predicted molar refractivity (Wildman–Crippen MR) is 98.9 cm³/mol. The van der Waals surface area contributed by atoms with Gasteiger partial charge in [-0.1, -0.05) is 27.7 Å². The Balaban J connectivity index is -0.000000135. The molecule has 0 aliphatic carbocycles. The van der Waals surface area contributed by atoms with Gasteiger partial charge < -0.3 is 43.4 Å². The third kappa shape index (κ3) is 35.6. The van der Waals surface area contributed by atoms with Crippen LogP contribution in [0.3, 0.4) is 0 Å². The Bertz CT molecular complexity index is 416. The zero-order valence-corrected chi connectivity index (χ0v) is 16.2. The third-order valence-corrected chi connectivity index (χ3v) is 2.40. The van der Waals surface area contributed by atoms with E-state index in [0.29, 0.717) is 12.3 Å². The number of rotatable bonds is 7. The summed E-state index contributed by atoms with van der Waals surface area (Å²) in [4.78, 5) is 38.6. The molecular formula is C15H34N4O8. The standard InChI is InChI=1S/C6H13NO2.C5H11NO2.2C2H5NO2/c1-4(2)3-5(7)6(8)9;1-3(2)4(6)5(7)8;2*3-1-2(4)5/h4-5H,3,7H2,1-2H3,(H,8,9);3-4H,6H2,1-2H3,(H,7,8);2*1,3H2,(H,4,5)/t5-;4-;;/m00../s1. The summed E-state index contributed by atoms with van der Waals surface area (Å²) in [7, 11) is 0. The molecule has 12 N–H and O–H groups in total. The Morgan fingerprint density at radius 2 is 1.04 bits per heavy atom. The van der Waals surface area contributed by atoms with Gasteiger partial charge in [-0.2, -0.15) is 0 Å². The molecule has 12 heteroatoms. The maximum absolute atomic E-state index is 10.1. The Hall–Kier alpha value is -2.28. The minimum absolute atomic E-state index is 0.0208. The van der Waals surface area contributed by atoms with Gasteiger partial charge in [-0.25, -0.2) is 0 Å². The van der Waals surface area contributed by atoms with Crippen molar-refractivity contribution < 1.29 is 39.6 Å². The molecule has 0 aliphatic rings. The van der Waals surface area contributed by atoms with Crippen molar-refractivity contribution >= 4 is 23.9 Å². The summed E-state index contributed by atoms with van der Waals surface area (Å²) in [6, 6.07) is -1.40. The molecule has 0 spiro atoms. The first kappa shape index (κ1) is 32.4. The summed E-state index contributed by atoms with van der Waals surface area (Å²) >= 11 is 0. The number of hydrogen-bond donors (Lipinski definition) is 8. The highest BCUT2D eigenvalue weighted by Gasteiger charge is 2.14. The van der Waals surface area contributed by atoms with Crippen LogP contribution < -0.4 is 22.9 Å². The molecule has 0 aromatic carbocycles. The first-order valence-electron chi connectivity index (χ1n) is 7.94. The molecule has 0 unspecified atom stereocenters. The Labute approximate surface area is 158 Å². The van der Waals surface area contributed by atoms with E-state index in [4.69, 9.17) is 31.9 Å². The topological polar surface area (TPSA) is 253 Å². The monoisotopic (exact) mass is 398 g/mol. The van der Waals surface area contributed by atoms with Gasteiger partial charge in [-0.05, 0) is 18.3 Å². The molecule has 0 aromatic heterocycles. The van der Waals surface area contributed by atoms with Crippen molar-refractivity contribution in [3.63, 3.8) is 0 Å². The van der Waals surface area contributed by atoms with E-state index in [2.05, 4.69) is 11.5 Å². The Morgan fingerprint density at radius 1 is 0.741 bits per heavy atom. The van der Waals surface area contributed by atoms with Gasteiger partial charge in [0.25, 0.3) is 0 Å². The van der Waals surface area contributed by atoms with Crippen LogP contribution >= 0.6 is 0 Å². The van der Waals surface area contributed by atoms with E-state index in [9.17, 15) is 19.2 Å². The molecule has 0 aliphatic heterocycles. The number of hydrogen-bond acceptors (Lipinski definition) is 8. The van der Waals surface area contributed by atoms with Crippen molar-refractivity contribution in [1.29, 1.82) is 0 Å². The van der Waals surface area contributed by atoms with Crippen molar-refractivity contribution in [3.8, 4) is 0 Å². The number of carboxylic acids is 4. The molecule has 0 saturated carbocycles.